The summed E-state index contributed by atoms with van der Waals surface area (Å²) in [5.74, 6) is 0.884. The maximum atomic E-state index is 6.38. The molecule has 0 aromatic heterocycles. The Bertz CT molecular complexity index is 438. The van der Waals surface area contributed by atoms with Crippen LogP contribution in [0.3, 0.4) is 0 Å². The average Bonchev–Trinajstić information content (AvgIpc) is 2.94. The van der Waals surface area contributed by atoms with Crippen LogP contribution >= 0.6 is 0 Å². The second-order valence-corrected chi connectivity index (χ2v) is 5.99. The van der Waals surface area contributed by atoms with Crippen molar-refractivity contribution in [1.29, 1.82) is 0 Å². The van der Waals surface area contributed by atoms with Gasteiger partial charge in [-0.3, -0.25) is 4.90 Å². The third-order valence-corrected chi connectivity index (χ3v) is 4.47. The quantitative estimate of drug-likeness (QED) is 0.835. The molecular formula is C17H29N3O. The predicted molar refractivity (Wildman–Crippen MR) is 87.7 cm³/mol. The summed E-state index contributed by atoms with van der Waals surface area (Å²) < 4.78 is 5.41. The third-order valence-electron chi connectivity index (χ3n) is 4.47. The molecule has 4 heteroatoms. The van der Waals surface area contributed by atoms with Gasteiger partial charge in [-0.1, -0.05) is 25.1 Å². The lowest BCUT2D eigenvalue weighted by Crippen LogP contribution is -2.41. The van der Waals surface area contributed by atoms with Crippen LogP contribution in [-0.2, 0) is 0 Å². The van der Waals surface area contributed by atoms with E-state index in [1.807, 2.05) is 18.2 Å². The van der Waals surface area contributed by atoms with Gasteiger partial charge in [0.2, 0.25) is 0 Å². The van der Waals surface area contributed by atoms with Crippen LogP contribution < -0.4 is 10.5 Å². The molecule has 1 aliphatic rings. The number of hydrogen-bond acceptors (Lipinski definition) is 4. The minimum absolute atomic E-state index is 0.0115. The normalized spacial score (nSPS) is 20.9. The largest absolute Gasteiger partial charge is 0.496 e. The molecule has 0 amide bonds. The molecule has 1 saturated heterocycles. The van der Waals surface area contributed by atoms with Crippen LogP contribution in [0.25, 0.3) is 0 Å². The van der Waals surface area contributed by atoms with E-state index in [0.29, 0.717) is 6.04 Å². The van der Waals surface area contributed by atoms with E-state index in [1.54, 1.807) is 7.11 Å². The van der Waals surface area contributed by atoms with E-state index in [2.05, 4.69) is 29.8 Å². The van der Waals surface area contributed by atoms with E-state index in [-0.39, 0.29) is 6.04 Å². The summed E-state index contributed by atoms with van der Waals surface area (Å²) in [6.07, 6.45) is 2.63. The second kappa shape index (κ2) is 7.78. The monoisotopic (exact) mass is 291 g/mol. The molecule has 0 spiro atoms. The van der Waals surface area contributed by atoms with Crippen LogP contribution in [-0.4, -0.2) is 56.2 Å². The van der Waals surface area contributed by atoms with Gasteiger partial charge in [-0.15, -0.1) is 0 Å². The maximum absolute atomic E-state index is 6.38. The van der Waals surface area contributed by atoms with Crippen molar-refractivity contribution in [2.24, 2.45) is 5.73 Å². The zero-order chi connectivity index (χ0) is 15.2. The van der Waals surface area contributed by atoms with Gasteiger partial charge in [0.05, 0.1) is 7.11 Å². The SMILES string of the molecule is CCN1CCCC1CN(C)CC(N)c1ccccc1OC. The summed E-state index contributed by atoms with van der Waals surface area (Å²) in [5, 5.41) is 0. The summed E-state index contributed by atoms with van der Waals surface area (Å²) in [4.78, 5) is 4.93. The molecule has 4 nitrogen and oxygen atoms in total. The molecule has 21 heavy (non-hydrogen) atoms. The topological polar surface area (TPSA) is 41.7 Å². The first-order chi connectivity index (χ1) is 10.2. The van der Waals surface area contributed by atoms with Crippen LogP contribution in [0.4, 0.5) is 0 Å². The van der Waals surface area contributed by atoms with Gasteiger partial charge >= 0.3 is 0 Å². The molecule has 1 heterocycles. The summed E-state index contributed by atoms with van der Waals surface area (Å²) in [6.45, 7) is 6.59. The van der Waals surface area contributed by atoms with E-state index >= 15 is 0 Å². The molecule has 1 aliphatic heterocycles. The molecule has 2 unspecified atom stereocenters. The van der Waals surface area contributed by atoms with Gasteiger partial charge in [0.25, 0.3) is 0 Å². The van der Waals surface area contributed by atoms with E-state index < -0.39 is 0 Å². The molecule has 2 N–H and O–H groups in total. The van der Waals surface area contributed by atoms with Gasteiger partial charge in [0.1, 0.15) is 5.75 Å². The summed E-state index contributed by atoms with van der Waals surface area (Å²) >= 11 is 0. The number of nitrogens with zero attached hydrogens (tertiary/aromatic N) is 2. The van der Waals surface area contributed by atoms with Crippen molar-refractivity contribution in [3.63, 3.8) is 0 Å². The van der Waals surface area contributed by atoms with Gasteiger partial charge in [-0.05, 0) is 39.0 Å². The van der Waals surface area contributed by atoms with E-state index in [0.717, 1.165) is 30.9 Å². The van der Waals surface area contributed by atoms with Gasteiger partial charge in [-0.25, -0.2) is 0 Å². The van der Waals surface area contributed by atoms with Gasteiger partial charge < -0.3 is 15.4 Å². The average molecular weight is 291 g/mol. The number of likely N-dealkylation sites (tertiary alicyclic amines) is 1. The van der Waals surface area contributed by atoms with Crippen molar-refractivity contribution in [2.75, 3.05) is 40.3 Å². The molecule has 0 radical (unpaired) electrons. The molecule has 1 fully saturated rings. The lowest BCUT2D eigenvalue weighted by Gasteiger charge is -2.29. The Balaban J connectivity index is 1.91. The molecule has 2 rings (SSSR count). The van der Waals surface area contributed by atoms with Crippen molar-refractivity contribution in [1.82, 2.24) is 9.80 Å². The number of rotatable bonds is 7. The van der Waals surface area contributed by atoms with Crippen LogP contribution in [0.15, 0.2) is 24.3 Å². The minimum Gasteiger partial charge on any atom is -0.496 e. The number of nitrogens with two attached hydrogens (primary N) is 1. The van der Waals surface area contributed by atoms with Crippen LogP contribution in [0.5, 0.6) is 5.75 Å². The van der Waals surface area contributed by atoms with Crippen LogP contribution in [0.2, 0.25) is 0 Å². The number of benzene rings is 1. The minimum atomic E-state index is -0.0115. The second-order valence-electron chi connectivity index (χ2n) is 5.99. The van der Waals surface area contributed by atoms with E-state index in [9.17, 15) is 0 Å². The number of hydrogen-bond donors (Lipinski definition) is 1. The number of methoxy groups -OCH3 is 1. The Morgan fingerprint density at radius 2 is 2.19 bits per heavy atom. The molecule has 1 aromatic rings. The highest BCUT2D eigenvalue weighted by Gasteiger charge is 2.24. The lowest BCUT2D eigenvalue weighted by molar-refractivity contribution is 0.193. The number of ether oxygens (including phenoxy) is 1. The highest BCUT2D eigenvalue weighted by molar-refractivity contribution is 5.35. The number of likely N-dealkylation sites (N-methyl/N-ethyl adjacent to an activating group) is 2. The third kappa shape index (κ3) is 4.19. The highest BCUT2D eigenvalue weighted by atomic mass is 16.5. The lowest BCUT2D eigenvalue weighted by atomic mass is 10.1. The fraction of sp³-hybridized carbons (Fsp3) is 0.647. The molecule has 118 valence electrons. The van der Waals surface area contributed by atoms with Crippen molar-refractivity contribution in [2.45, 2.75) is 31.8 Å². The summed E-state index contributed by atoms with van der Waals surface area (Å²) in [7, 11) is 3.87. The zero-order valence-electron chi connectivity index (χ0n) is 13.6. The Labute approximate surface area is 128 Å². The van der Waals surface area contributed by atoms with E-state index in [4.69, 9.17) is 10.5 Å². The smallest absolute Gasteiger partial charge is 0.123 e. The standard InChI is InChI=1S/C17H29N3O/c1-4-20-11-7-8-14(20)12-19(2)13-16(18)15-9-5-6-10-17(15)21-3/h5-6,9-10,14,16H,4,7-8,11-13,18H2,1-3H3. The number of para-hydroxylation sites is 1. The molecule has 0 bridgehead atoms. The molecule has 1 aromatic carbocycles. The van der Waals surface area contributed by atoms with Gasteiger partial charge in [0, 0.05) is 30.7 Å². The van der Waals surface area contributed by atoms with Crippen molar-refractivity contribution in [3.05, 3.63) is 29.8 Å². The van der Waals surface area contributed by atoms with Crippen LogP contribution in [0, 0.1) is 0 Å². The van der Waals surface area contributed by atoms with Crippen molar-refractivity contribution < 1.29 is 4.74 Å². The maximum Gasteiger partial charge on any atom is 0.123 e. The Kier molecular flexibility index (Phi) is 6.03. The Morgan fingerprint density at radius 1 is 1.43 bits per heavy atom. The van der Waals surface area contributed by atoms with Crippen molar-refractivity contribution in [3.8, 4) is 5.75 Å². The first kappa shape index (κ1) is 16.3. The first-order valence-corrected chi connectivity index (χ1v) is 7.96. The molecule has 2 atom stereocenters. The molecule has 0 saturated carbocycles. The molecule has 0 aliphatic carbocycles. The Hall–Kier alpha value is -1.10. The van der Waals surface area contributed by atoms with Crippen LogP contribution in [0.1, 0.15) is 31.4 Å². The Morgan fingerprint density at radius 3 is 2.90 bits per heavy atom. The van der Waals surface area contributed by atoms with E-state index in [1.165, 1.54) is 19.4 Å². The first-order valence-electron chi connectivity index (χ1n) is 7.96. The molecular weight excluding hydrogens is 262 g/mol. The zero-order valence-corrected chi connectivity index (χ0v) is 13.6. The predicted octanol–water partition coefficient (Wildman–Crippen LogP) is 2.11. The van der Waals surface area contributed by atoms with Gasteiger partial charge in [-0.2, -0.15) is 0 Å². The fourth-order valence-electron chi connectivity index (χ4n) is 3.36. The fourth-order valence-corrected chi connectivity index (χ4v) is 3.36. The summed E-state index contributed by atoms with van der Waals surface area (Å²) in [5.41, 5.74) is 7.47. The summed E-state index contributed by atoms with van der Waals surface area (Å²) in [6, 6.07) is 8.72. The van der Waals surface area contributed by atoms with Crippen molar-refractivity contribution >= 4 is 0 Å². The highest BCUT2D eigenvalue weighted by Crippen LogP contribution is 2.24. The van der Waals surface area contributed by atoms with Gasteiger partial charge in [0.15, 0.2) is 0 Å².